The summed E-state index contributed by atoms with van der Waals surface area (Å²) < 4.78 is 0.873. The van der Waals surface area contributed by atoms with Crippen LogP contribution in [0.5, 0.6) is 0 Å². The standard InChI is InChI=1S/C19H26BrN3O3/c1-19(26)9-7-13(8-10-19)21-14-6-5-12(20)11-16(14)23-18(25)15-3-2-4-17(24)22-15/h5-6,11,13,15,21,26H,2-4,7-10H2,1H3,(H,22,24)(H,23,25)/t13?,15-,19?/m0/s1. The molecule has 142 valence electrons. The summed E-state index contributed by atoms with van der Waals surface area (Å²) >= 11 is 3.45. The van der Waals surface area contributed by atoms with Crippen molar-refractivity contribution in [2.24, 2.45) is 0 Å². The van der Waals surface area contributed by atoms with Crippen LogP contribution in [-0.2, 0) is 9.59 Å². The van der Waals surface area contributed by atoms with Gasteiger partial charge in [0, 0.05) is 16.9 Å². The monoisotopic (exact) mass is 423 g/mol. The highest BCUT2D eigenvalue weighted by Gasteiger charge is 2.29. The Morgan fingerprint density at radius 1 is 1.27 bits per heavy atom. The van der Waals surface area contributed by atoms with Gasteiger partial charge in [-0.05, 0) is 63.6 Å². The van der Waals surface area contributed by atoms with Gasteiger partial charge in [0.05, 0.1) is 17.0 Å². The summed E-state index contributed by atoms with van der Waals surface area (Å²) in [5.74, 6) is -0.260. The predicted octanol–water partition coefficient (Wildman–Crippen LogP) is 3.16. The second kappa shape index (κ2) is 7.96. The summed E-state index contributed by atoms with van der Waals surface area (Å²) in [6.45, 7) is 1.88. The predicted molar refractivity (Wildman–Crippen MR) is 105 cm³/mol. The topological polar surface area (TPSA) is 90.5 Å². The SMILES string of the molecule is CC1(O)CCC(Nc2ccc(Br)cc2NC(=O)[C@@H]2CCCC(=O)N2)CC1. The number of piperidine rings is 1. The molecule has 1 aromatic rings. The van der Waals surface area contributed by atoms with Crippen LogP contribution in [0.3, 0.4) is 0 Å². The molecule has 26 heavy (non-hydrogen) atoms. The van der Waals surface area contributed by atoms with Gasteiger partial charge in [-0.25, -0.2) is 0 Å². The minimum atomic E-state index is -0.575. The average Bonchev–Trinajstić information content (AvgIpc) is 2.59. The van der Waals surface area contributed by atoms with E-state index in [-0.39, 0.29) is 17.9 Å². The number of hydrogen-bond acceptors (Lipinski definition) is 4. The number of anilines is 2. The molecule has 1 aliphatic heterocycles. The first-order valence-electron chi connectivity index (χ1n) is 9.21. The van der Waals surface area contributed by atoms with E-state index in [0.29, 0.717) is 18.5 Å². The third-order valence-electron chi connectivity index (χ3n) is 5.21. The second-order valence-electron chi connectivity index (χ2n) is 7.61. The lowest BCUT2D eigenvalue weighted by Gasteiger charge is -2.34. The zero-order valence-corrected chi connectivity index (χ0v) is 16.6. The van der Waals surface area contributed by atoms with Gasteiger partial charge in [0.1, 0.15) is 6.04 Å². The van der Waals surface area contributed by atoms with Crippen LogP contribution in [0.1, 0.15) is 51.9 Å². The number of hydrogen-bond donors (Lipinski definition) is 4. The molecule has 0 spiro atoms. The molecule has 6 nitrogen and oxygen atoms in total. The van der Waals surface area contributed by atoms with Crippen molar-refractivity contribution < 1.29 is 14.7 Å². The van der Waals surface area contributed by atoms with E-state index in [2.05, 4.69) is 31.9 Å². The summed E-state index contributed by atoms with van der Waals surface area (Å²) in [6, 6.07) is 5.52. The van der Waals surface area contributed by atoms with Gasteiger partial charge in [0.25, 0.3) is 0 Å². The lowest BCUT2D eigenvalue weighted by Crippen LogP contribution is -2.46. The summed E-state index contributed by atoms with van der Waals surface area (Å²) in [5.41, 5.74) is 0.977. The van der Waals surface area contributed by atoms with Gasteiger partial charge < -0.3 is 21.1 Å². The zero-order valence-electron chi connectivity index (χ0n) is 15.0. The van der Waals surface area contributed by atoms with Crippen molar-refractivity contribution >= 4 is 39.1 Å². The highest BCUT2D eigenvalue weighted by atomic mass is 79.9. The number of amides is 2. The molecular formula is C19H26BrN3O3. The first kappa shape index (κ1) is 19.2. The van der Waals surface area contributed by atoms with Crippen LogP contribution in [0.15, 0.2) is 22.7 Å². The van der Waals surface area contributed by atoms with Crippen LogP contribution >= 0.6 is 15.9 Å². The lowest BCUT2D eigenvalue weighted by atomic mass is 9.83. The molecule has 3 rings (SSSR count). The molecule has 4 N–H and O–H groups in total. The Morgan fingerprint density at radius 3 is 2.69 bits per heavy atom. The van der Waals surface area contributed by atoms with Crippen LogP contribution in [-0.4, -0.2) is 34.6 Å². The Balaban J connectivity index is 1.68. The highest BCUT2D eigenvalue weighted by molar-refractivity contribution is 9.10. The van der Waals surface area contributed by atoms with Gasteiger partial charge in [-0.3, -0.25) is 9.59 Å². The molecule has 7 heteroatoms. The van der Waals surface area contributed by atoms with E-state index in [9.17, 15) is 14.7 Å². The van der Waals surface area contributed by atoms with E-state index < -0.39 is 11.6 Å². The first-order valence-corrected chi connectivity index (χ1v) is 10.0. The molecule has 0 radical (unpaired) electrons. The Morgan fingerprint density at radius 2 is 2.00 bits per heavy atom. The molecule has 0 aromatic heterocycles. The zero-order chi connectivity index (χ0) is 18.7. The Bertz CT molecular complexity index is 683. The molecule has 1 aliphatic carbocycles. The van der Waals surface area contributed by atoms with Crippen molar-refractivity contribution in [1.82, 2.24) is 5.32 Å². The molecule has 0 bridgehead atoms. The molecule has 2 amide bonds. The van der Waals surface area contributed by atoms with Gasteiger partial charge in [-0.2, -0.15) is 0 Å². The molecule has 2 aliphatic rings. The van der Waals surface area contributed by atoms with E-state index >= 15 is 0 Å². The van der Waals surface area contributed by atoms with E-state index in [4.69, 9.17) is 0 Å². The Kier molecular flexibility index (Phi) is 5.87. The summed E-state index contributed by atoms with van der Waals surface area (Å²) in [7, 11) is 0. The lowest BCUT2D eigenvalue weighted by molar-refractivity contribution is -0.128. The molecule has 1 saturated heterocycles. The fourth-order valence-corrected chi connectivity index (χ4v) is 3.93. The normalized spacial score (nSPS) is 29.0. The van der Waals surface area contributed by atoms with Gasteiger partial charge in [0.2, 0.25) is 11.8 Å². The largest absolute Gasteiger partial charge is 0.390 e. The van der Waals surface area contributed by atoms with Crippen molar-refractivity contribution in [1.29, 1.82) is 0 Å². The van der Waals surface area contributed by atoms with Crippen molar-refractivity contribution in [2.75, 3.05) is 10.6 Å². The van der Waals surface area contributed by atoms with Crippen LogP contribution < -0.4 is 16.0 Å². The number of carbonyl (C=O) groups excluding carboxylic acids is 2. The Labute approximate surface area is 162 Å². The van der Waals surface area contributed by atoms with E-state index in [0.717, 1.165) is 42.3 Å². The second-order valence-corrected chi connectivity index (χ2v) is 8.52. The smallest absolute Gasteiger partial charge is 0.247 e. The molecule has 1 aromatic carbocycles. The summed E-state index contributed by atoms with van der Waals surface area (Å²) in [4.78, 5) is 24.1. The molecule has 1 atom stereocenters. The quantitative estimate of drug-likeness (QED) is 0.598. The van der Waals surface area contributed by atoms with Crippen molar-refractivity contribution in [3.8, 4) is 0 Å². The first-order chi connectivity index (χ1) is 12.3. The minimum Gasteiger partial charge on any atom is -0.390 e. The van der Waals surface area contributed by atoms with Crippen LogP contribution in [0.2, 0.25) is 0 Å². The average molecular weight is 424 g/mol. The van der Waals surface area contributed by atoms with Crippen LogP contribution in [0.4, 0.5) is 11.4 Å². The van der Waals surface area contributed by atoms with Crippen LogP contribution in [0, 0.1) is 0 Å². The fourth-order valence-electron chi connectivity index (χ4n) is 3.57. The van der Waals surface area contributed by atoms with E-state index in [1.165, 1.54) is 0 Å². The van der Waals surface area contributed by atoms with Gasteiger partial charge in [0.15, 0.2) is 0 Å². The maximum atomic E-state index is 12.6. The number of rotatable bonds is 4. The number of halogens is 1. The summed E-state index contributed by atoms with van der Waals surface area (Å²) in [6.07, 6.45) is 5.17. The molecular weight excluding hydrogens is 398 g/mol. The maximum absolute atomic E-state index is 12.6. The van der Waals surface area contributed by atoms with Crippen molar-refractivity contribution in [2.45, 2.75) is 69.6 Å². The summed E-state index contributed by atoms with van der Waals surface area (Å²) in [5, 5.41) is 19.3. The number of benzene rings is 1. The fraction of sp³-hybridized carbons (Fsp3) is 0.579. The third kappa shape index (κ3) is 4.98. The molecule has 2 fully saturated rings. The van der Waals surface area contributed by atoms with E-state index in [1.807, 2.05) is 25.1 Å². The highest BCUT2D eigenvalue weighted by Crippen LogP contribution is 2.32. The van der Waals surface area contributed by atoms with Gasteiger partial charge >= 0.3 is 0 Å². The molecule has 0 unspecified atom stereocenters. The number of nitrogens with one attached hydrogen (secondary N) is 3. The minimum absolute atomic E-state index is 0.0711. The van der Waals surface area contributed by atoms with Crippen LogP contribution in [0.25, 0.3) is 0 Å². The van der Waals surface area contributed by atoms with Crippen molar-refractivity contribution in [3.05, 3.63) is 22.7 Å². The molecule has 1 saturated carbocycles. The maximum Gasteiger partial charge on any atom is 0.247 e. The van der Waals surface area contributed by atoms with E-state index in [1.54, 1.807) is 0 Å². The Hall–Kier alpha value is -1.60. The third-order valence-corrected chi connectivity index (χ3v) is 5.70. The molecule has 1 heterocycles. The van der Waals surface area contributed by atoms with Gasteiger partial charge in [-0.15, -0.1) is 0 Å². The number of carbonyl (C=O) groups is 2. The number of aliphatic hydroxyl groups is 1. The van der Waals surface area contributed by atoms with Gasteiger partial charge in [-0.1, -0.05) is 15.9 Å². The van der Waals surface area contributed by atoms with Crippen molar-refractivity contribution in [3.63, 3.8) is 0 Å².